The highest BCUT2D eigenvalue weighted by Crippen LogP contribution is 2.48. The summed E-state index contributed by atoms with van der Waals surface area (Å²) >= 11 is 0. The third kappa shape index (κ3) is 3.48. The molecule has 148 valence electrons. The average molecular weight is 386 g/mol. The molecule has 3 fully saturated rings. The molecule has 3 heterocycles. The van der Waals surface area contributed by atoms with Crippen molar-refractivity contribution < 1.29 is 4.79 Å². The van der Waals surface area contributed by atoms with Crippen LogP contribution in [0.15, 0.2) is 48.7 Å². The van der Waals surface area contributed by atoms with E-state index in [-0.39, 0.29) is 11.3 Å². The van der Waals surface area contributed by atoms with Crippen LogP contribution in [0, 0.1) is 16.7 Å². The molecule has 0 unspecified atom stereocenters. The Balaban J connectivity index is 1.35. The highest BCUT2D eigenvalue weighted by Gasteiger charge is 2.49. The van der Waals surface area contributed by atoms with Crippen molar-refractivity contribution in [2.24, 2.45) is 5.41 Å². The molecule has 29 heavy (non-hydrogen) atoms. The van der Waals surface area contributed by atoms with Gasteiger partial charge in [-0.1, -0.05) is 30.3 Å². The van der Waals surface area contributed by atoms with Gasteiger partial charge in [-0.3, -0.25) is 4.79 Å². The molecule has 2 aliphatic heterocycles. The fourth-order valence-corrected chi connectivity index (χ4v) is 5.08. The fourth-order valence-electron chi connectivity index (χ4n) is 5.08. The van der Waals surface area contributed by atoms with Gasteiger partial charge in [-0.05, 0) is 55.2 Å². The number of hydrogen-bond donors (Lipinski definition) is 0. The Kier molecular flexibility index (Phi) is 4.50. The number of likely N-dealkylation sites (tertiary alicyclic amines) is 1. The molecule has 5 rings (SSSR count). The number of carbonyl (C=O) groups is 1. The van der Waals surface area contributed by atoms with Gasteiger partial charge in [-0.2, -0.15) is 5.26 Å². The first kappa shape index (κ1) is 18.2. The summed E-state index contributed by atoms with van der Waals surface area (Å²) in [4.78, 5) is 22.3. The Morgan fingerprint density at radius 2 is 1.83 bits per heavy atom. The second-order valence-corrected chi connectivity index (χ2v) is 8.87. The molecular formula is C24H26N4O. The largest absolute Gasteiger partial charge is 0.357 e. The van der Waals surface area contributed by atoms with Gasteiger partial charge in [0, 0.05) is 31.9 Å². The van der Waals surface area contributed by atoms with E-state index < -0.39 is 0 Å². The molecule has 2 saturated heterocycles. The van der Waals surface area contributed by atoms with Gasteiger partial charge in [-0.15, -0.1) is 0 Å². The van der Waals surface area contributed by atoms with Crippen molar-refractivity contribution in [3.8, 4) is 6.07 Å². The molecule has 1 aliphatic carbocycles. The number of anilines is 1. The summed E-state index contributed by atoms with van der Waals surface area (Å²) in [5.41, 5.74) is 1.96. The maximum absolute atomic E-state index is 13.3. The smallest absolute Gasteiger partial charge is 0.230 e. The average Bonchev–Trinajstić information content (AvgIpc) is 3.62. The van der Waals surface area contributed by atoms with Crippen molar-refractivity contribution in [1.29, 1.82) is 5.26 Å². The van der Waals surface area contributed by atoms with E-state index in [1.165, 1.54) is 5.56 Å². The monoisotopic (exact) mass is 386 g/mol. The minimum absolute atomic E-state index is 0.00913. The molecule has 0 bridgehead atoms. The molecule has 1 amide bonds. The minimum Gasteiger partial charge on any atom is -0.357 e. The number of carbonyl (C=O) groups excluding carboxylic acids is 1. The number of rotatable bonds is 3. The van der Waals surface area contributed by atoms with Crippen molar-refractivity contribution in [1.82, 2.24) is 9.88 Å². The maximum Gasteiger partial charge on any atom is 0.230 e. The maximum atomic E-state index is 13.3. The van der Waals surface area contributed by atoms with Gasteiger partial charge in [0.2, 0.25) is 5.91 Å². The first-order valence-electron chi connectivity index (χ1n) is 10.6. The van der Waals surface area contributed by atoms with Crippen LogP contribution in [0.2, 0.25) is 0 Å². The minimum atomic E-state index is -0.00913. The molecule has 1 aromatic heterocycles. The third-order valence-corrected chi connectivity index (χ3v) is 6.94. The van der Waals surface area contributed by atoms with E-state index >= 15 is 0 Å². The van der Waals surface area contributed by atoms with E-state index in [0.29, 0.717) is 17.5 Å². The van der Waals surface area contributed by atoms with Crippen molar-refractivity contribution in [3.63, 3.8) is 0 Å². The van der Waals surface area contributed by atoms with Crippen LogP contribution < -0.4 is 4.90 Å². The van der Waals surface area contributed by atoms with E-state index in [0.717, 1.165) is 57.6 Å². The summed E-state index contributed by atoms with van der Waals surface area (Å²) in [7, 11) is 0. The van der Waals surface area contributed by atoms with Crippen molar-refractivity contribution >= 4 is 11.7 Å². The lowest BCUT2D eigenvalue weighted by atomic mass is 9.67. The molecule has 0 N–H and O–H groups in total. The summed E-state index contributed by atoms with van der Waals surface area (Å²) in [6, 6.07) is 16.7. The lowest BCUT2D eigenvalue weighted by Gasteiger charge is -2.50. The highest BCUT2D eigenvalue weighted by molar-refractivity contribution is 5.85. The molecule has 2 aromatic rings. The van der Waals surface area contributed by atoms with Crippen LogP contribution in [0.3, 0.4) is 0 Å². The third-order valence-electron chi connectivity index (χ3n) is 6.94. The second kappa shape index (κ2) is 7.18. The highest BCUT2D eigenvalue weighted by atomic mass is 16.2. The predicted molar refractivity (Wildman–Crippen MR) is 111 cm³/mol. The number of benzene rings is 1. The number of pyridine rings is 1. The molecule has 5 nitrogen and oxygen atoms in total. The number of nitrogens with zero attached hydrogens (tertiary/aromatic N) is 4. The number of nitriles is 1. The van der Waals surface area contributed by atoms with Crippen LogP contribution in [0.5, 0.6) is 0 Å². The fraction of sp³-hybridized carbons (Fsp3) is 0.458. The van der Waals surface area contributed by atoms with E-state index in [2.05, 4.69) is 33.0 Å². The Morgan fingerprint density at radius 3 is 2.45 bits per heavy atom. The molecule has 0 radical (unpaired) electrons. The molecule has 3 aliphatic rings. The van der Waals surface area contributed by atoms with Gasteiger partial charge < -0.3 is 9.80 Å². The van der Waals surface area contributed by atoms with Crippen LogP contribution in [0.25, 0.3) is 0 Å². The van der Waals surface area contributed by atoms with Crippen LogP contribution >= 0.6 is 0 Å². The summed E-state index contributed by atoms with van der Waals surface area (Å²) in [6.07, 6.45) is 7.07. The normalized spacial score (nSPS) is 23.8. The van der Waals surface area contributed by atoms with E-state index in [9.17, 15) is 4.79 Å². The van der Waals surface area contributed by atoms with Crippen molar-refractivity contribution in [3.05, 3.63) is 59.8 Å². The zero-order chi connectivity index (χ0) is 19.8. The zero-order valence-corrected chi connectivity index (χ0v) is 16.6. The van der Waals surface area contributed by atoms with Gasteiger partial charge in [0.15, 0.2) is 0 Å². The Hall–Kier alpha value is -2.87. The van der Waals surface area contributed by atoms with E-state index in [1.54, 1.807) is 6.20 Å². The summed E-state index contributed by atoms with van der Waals surface area (Å²) in [6.45, 7) is 2.81. The number of hydrogen-bond acceptors (Lipinski definition) is 4. The van der Waals surface area contributed by atoms with Crippen molar-refractivity contribution in [2.75, 3.05) is 24.5 Å². The number of aromatic nitrogens is 1. The van der Waals surface area contributed by atoms with E-state index in [4.69, 9.17) is 5.26 Å². The van der Waals surface area contributed by atoms with Crippen molar-refractivity contribution in [2.45, 2.75) is 44.1 Å². The second-order valence-electron chi connectivity index (χ2n) is 8.87. The van der Waals surface area contributed by atoms with Crippen LogP contribution in [-0.2, 0) is 4.79 Å². The predicted octanol–water partition coefficient (Wildman–Crippen LogP) is 3.72. The quantitative estimate of drug-likeness (QED) is 0.807. The van der Waals surface area contributed by atoms with Gasteiger partial charge in [0.1, 0.15) is 11.9 Å². The van der Waals surface area contributed by atoms with Gasteiger partial charge >= 0.3 is 0 Å². The SMILES string of the molecule is N#Cc1ccc(N2CCC3(CC2)C[C@H](c2ccccc2)C(=O)N(C2CC2)C3)nc1. The number of amides is 1. The topological polar surface area (TPSA) is 60.2 Å². The summed E-state index contributed by atoms with van der Waals surface area (Å²) < 4.78 is 0. The summed E-state index contributed by atoms with van der Waals surface area (Å²) in [5.74, 6) is 1.27. The Bertz CT molecular complexity index is 922. The van der Waals surface area contributed by atoms with Crippen LogP contribution in [-0.4, -0.2) is 41.5 Å². The molecule has 1 spiro atoms. The zero-order valence-electron chi connectivity index (χ0n) is 16.6. The molecule has 1 aromatic carbocycles. The van der Waals surface area contributed by atoms with Gasteiger partial charge in [-0.25, -0.2) is 4.98 Å². The molecule has 1 saturated carbocycles. The first-order chi connectivity index (χ1) is 14.2. The Morgan fingerprint density at radius 1 is 1.07 bits per heavy atom. The Labute approximate surface area is 172 Å². The molecule has 1 atom stereocenters. The lowest BCUT2D eigenvalue weighted by molar-refractivity contribution is -0.141. The summed E-state index contributed by atoms with van der Waals surface area (Å²) in [5, 5.41) is 8.98. The van der Waals surface area contributed by atoms with Gasteiger partial charge in [0.05, 0.1) is 11.5 Å². The standard InChI is InChI=1S/C24H26N4O/c25-15-18-6-9-22(26-16-18)27-12-10-24(11-13-27)14-21(19-4-2-1-3-5-19)23(29)28(17-24)20-7-8-20/h1-6,9,16,20-21H,7-8,10-14,17H2/t21-/m1/s1. The number of piperidine rings is 2. The van der Waals surface area contributed by atoms with Gasteiger partial charge in [0.25, 0.3) is 0 Å². The van der Waals surface area contributed by atoms with Crippen LogP contribution in [0.4, 0.5) is 5.82 Å². The van der Waals surface area contributed by atoms with E-state index in [1.807, 2.05) is 30.3 Å². The molecular weight excluding hydrogens is 360 g/mol. The lowest BCUT2D eigenvalue weighted by Crippen LogP contribution is -2.54. The molecule has 5 heteroatoms. The first-order valence-corrected chi connectivity index (χ1v) is 10.6. The van der Waals surface area contributed by atoms with Crippen LogP contribution in [0.1, 0.15) is 49.1 Å².